The molecular formula is C11H12N4O4S2. The number of nitro groups is 1. The number of rotatable bonds is 5. The summed E-state index contributed by atoms with van der Waals surface area (Å²) in [5.74, 6) is 0. The third kappa shape index (κ3) is 3.54. The highest BCUT2D eigenvalue weighted by Gasteiger charge is 2.20. The lowest BCUT2D eigenvalue weighted by molar-refractivity contribution is -0.384. The van der Waals surface area contributed by atoms with Crippen LogP contribution in [0.25, 0.3) is 0 Å². The highest BCUT2D eigenvalue weighted by molar-refractivity contribution is 7.91. The number of aromatic nitrogens is 1. The zero-order chi connectivity index (χ0) is 15.6. The number of nitrogens with one attached hydrogen (secondary N) is 1. The van der Waals surface area contributed by atoms with Gasteiger partial charge in [-0.05, 0) is 12.5 Å². The van der Waals surface area contributed by atoms with E-state index in [1.807, 2.05) is 0 Å². The fraction of sp³-hybridized carbons (Fsp3) is 0.182. The van der Waals surface area contributed by atoms with Gasteiger partial charge in [-0.2, -0.15) is 0 Å². The Morgan fingerprint density at radius 2 is 2.00 bits per heavy atom. The molecule has 3 N–H and O–H groups in total. The van der Waals surface area contributed by atoms with Crippen molar-refractivity contribution in [3.63, 3.8) is 0 Å². The van der Waals surface area contributed by atoms with Gasteiger partial charge in [-0.25, -0.2) is 18.1 Å². The van der Waals surface area contributed by atoms with Crippen molar-refractivity contribution in [1.82, 2.24) is 9.71 Å². The molecule has 0 saturated heterocycles. The van der Waals surface area contributed by atoms with Gasteiger partial charge in [0.25, 0.3) is 15.7 Å². The maximum Gasteiger partial charge on any atom is 0.269 e. The van der Waals surface area contributed by atoms with E-state index in [-0.39, 0.29) is 21.6 Å². The molecule has 0 amide bonds. The summed E-state index contributed by atoms with van der Waals surface area (Å²) in [6.07, 6.45) is 0. The summed E-state index contributed by atoms with van der Waals surface area (Å²) in [6.45, 7) is 1.59. The summed E-state index contributed by atoms with van der Waals surface area (Å²) < 4.78 is 26.7. The SMILES string of the molecule is Cc1nc(N)sc1S(=O)(=O)NCc1ccc([N+](=O)[O-])cc1. The Hall–Kier alpha value is -2.04. The minimum atomic E-state index is -3.70. The first kappa shape index (κ1) is 15.4. The van der Waals surface area contributed by atoms with Gasteiger partial charge in [0.15, 0.2) is 9.34 Å². The van der Waals surface area contributed by atoms with Crippen LogP contribution < -0.4 is 10.5 Å². The van der Waals surface area contributed by atoms with Crippen LogP contribution in [0, 0.1) is 17.0 Å². The zero-order valence-electron chi connectivity index (χ0n) is 10.9. The Morgan fingerprint density at radius 3 is 2.48 bits per heavy atom. The number of thiazole rings is 1. The number of nitrogens with zero attached hydrogens (tertiary/aromatic N) is 2. The molecule has 112 valence electrons. The summed E-state index contributed by atoms with van der Waals surface area (Å²) in [4.78, 5) is 13.9. The summed E-state index contributed by atoms with van der Waals surface area (Å²) >= 11 is 0.890. The predicted octanol–water partition coefficient (Wildman–Crippen LogP) is 1.42. The van der Waals surface area contributed by atoms with Gasteiger partial charge < -0.3 is 5.73 Å². The average Bonchev–Trinajstić information content (AvgIpc) is 2.77. The van der Waals surface area contributed by atoms with Gasteiger partial charge in [0, 0.05) is 18.7 Å². The molecule has 0 aliphatic carbocycles. The number of hydrogen-bond acceptors (Lipinski definition) is 7. The average molecular weight is 328 g/mol. The van der Waals surface area contributed by atoms with Crippen LogP contribution in [0.1, 0.15) is 11.3 Å². The fourth-order valence-corrected chi connectivity index (χ4v) is 3.99. The van der Waals surface area contributed by atoms with Gasteiger partial charge in [0.2, 0.25) is 0 Å². The fourth-order valence-electron chi connectivity index (χ4n) is 1.63. The lowest BCUT2D eigenvalue weighted by atomic mass is 10.2. The smallest absolute Gasteiger partial charge is 0.269 e. The highest BCUT2D eigenvalue weighted by atomic mass is 32.2. The maximum atomic E-state index is 12.1. The van der Waals surface area contributed by atoms with Crippen molar-refractivity contribution in [2.24, 2.45) is 0 Å². The van der Waals surface area contributed by atoms with Crippen LogP contribution in [0.4, 0.5) is 10.8 Å². The topological polar surface area (TPSA) is 128 Å². The number of aryl methyl sites for hydroxylation is 1. The first-order valence-corrected chi connectivity index (χ1v) is 8.05. The van der Waals surface area contributed by atoms with Crippen LogP contribution in [-0.4, -0.2) is 18.3 Å². The molecule has 2 rings (SSSR count). The summed E-state index contributed by atoms with van der Waals surface area (Å²) in [5.41, 5.74) is 6.38. The standard InChI is InChI=1S/C11H12N4O4S2/c1-7-10(20-11(12)14-7)21(18,19)13-6-8-2-4-9(5-3-8)15(16)17/h2-5,13H,6H2,1H3,(H2,12,14). The van der Waals surface area contributed by atoms with Gasteiger partial charge in [0.1, 0.15) is 0 Å². The number of nitro benzene ring substituents is 1. The predicted molar refractivity (Wildman–Crippen MR) is 78.4 cm³/mol. The molecule has 1 heterocycles. The number of anilines is 1. The number of nitrogens with two attached hydrogens (primary N) is 1. The summed E-state index contributed by atoms with van der Waals surface area (Å²) in [7, 11) is -3.70. The van der Waals surface area contributed by atoms with Gasteiger partial charge in [0.05, 0.1) is 10.6 Å². The van der Waals surface area contributed by atoms with Crippen LogP contribution in [0.5, 0.6) is 0 Å². The first-order valence-electron chi connectivity index (χ1n) is 5.75. The molecular weight excluding hydrogens is 316 g/mol. The van der Waals surface area contributed by atoms with Crippen molar-refractivity contribution >= 4 is 32.2 Å². The molecule has 1 aromatic heterocycles. The van der Waals surface area contributed by atoms with Crippen LogP contribution >= 0.6 is 11.3 Å². The normalized spacial score (nSPS) is 11.5. The van der Waals surface area contributed by atoms with E-state index in [2.05, 4.69) is 9.71 Å². The maximum absolute atomic E-state index is 12.1. The van der Waals surface area contributed by atoms with E-state index in [0.29, 0.717) is 11.3 Å². The van der Waals surface area contributed by atoms with Crippen molar-refractivity contribution in [1.29, 1.82) is 0 Å². The molecule has 0 aliphatic rings. The lowest BCUT2D eigenvalue weighted by Crippen LogP contribution is -2.23. The second-order valence-electron chi connectivity index (χ2n) is 4.17. The second-order valence-corrected chi connectivity index (χ2v) is 7.17. The van der Waals surface area contributed by atoms with E-state index in [1.165, 1.54) is 24.3 Å². The first-order chi connectivity index (χ1) is 9.79. The van der Waals surface area contributed by atoms with Gasteiger partial charge in [-0.15, -0.1) is 0 Å². The minimum absolute atomic E-state index is 0.0254. The Labute approximate surface area is 124 Å². The van der Waals surface area contributed by atoms with Gasteiger partial charge in [-0.3, -0.25) is 10.1 Å². The Kier molecular flexibility index (Phi) is 4.21. The number of non-ortho nitro benzene ring substituents is 1. The van der Waals surface area contributed by atoms with Crippen molar-refractivity contribution in [2.45, 2.75) is 17.7 Å². The van der Waals surface area contributed by atoms with Crippen molar-refractivity contribution in [3.05, 3.63) is 45.6 Å². The Bertz CT molecular complexity index is 768. The monoisotopic (exact) mass is 328 g/mol. The van der Waals surface area contributed by atoms with E-state index in [4.69, 9.17) is 5.73 Å². The molecule has 0 radical (unpaired) electrons. The molecule has 1 aromatic carbocycles. The van der Waals surface area contributed by atoms with E-state index in [9.17, 15) is 18.5 Å². The van der Waals surface area contributed by atoms with E-state index in [0.717, 1.165) is 11.3 Å². The molecule has 0 bridgehead atoms. The molecule has 0 aliphatic heterocycles. The van der Waals surface area contributed by atoms with Crippen LogP contribution in [0.3, 0.4) is 0 Å². The summed E-state index contributed by atoms with van der Waals surface area (Å²) in [6, 6.07) is 5.63. The van der Waals surface area contributed by atoms with Crippen LogP contribution in [0.15, 0.2) is 28.5 Å². The molecule has 0 saturated carbocycles. The minimum Gasteiger partial charge on any atom is -0.375 e. The zero-order valence-corrected chi connectivity index (χ0v) is 12.6. The van der Waals surface area contributed by atoms with E-state index >= 15 is 0 Å². The van der Waals surface area contributed by atoms with Crippen molar-refractivity contribution < 1.29 is 13.3 Å². The van der Waals surface area contributed by atoms with E-state index < -0.39 is 14.9 Å². The van der Waals surface area contributed by atoms with Crippen molar-refractivity contribution in [2.75, 3.05) is 5.73 Å². The third-order valence-electron chi connectivity index (χ3n) is 2.63. The number of benzene rings is 1. The van der Waals surface area contributed by atoms with Gasteiger partial charge in [-0.1, -0.05) is 23.5 Å². The molecule has 2 aromatic rings. The van der Waals surface area contributed by atoms with E-state index in [1.54, 1.807) is 6.92 Å². The van der Waals surface area contributed by atoms with Gasteiger partial charge >= 0.3 is 0 Å². The largest absolute Gasteiger partial charge is 0.375 e. The quantitative estimate of drug-likeness (QED) is 0.631. The van der Waals surface area contributed by atoms with Crippen molar-refractivity contribution in [3.8, 4) is 0 Å². The molecule has 0 unspecified atom stereocenters. The molecule has 10 heteroatoms. The molecule has 0 spiro atoms. The molecule has 0 fully saturated rings. The number of nitrogen functional groups attached to an aromatic ring is 1. The summed E-state index contributed by atoms with van der Waals surface area (Å²) in [5, 5.41) is 10.7. The second kappa shape index (κ2) is 5.76. The molecule has 0 atom stereocenters. The molecule has 21 heavy (non-hydrogen) atoms. The number of sulfonamides is 1. The highest BCUT2D eigenvalue weighted by Crippen LogP contribution is 2.24. The third-order valence-corrected chi connectivity index (χ3v) is 5.63. The Balaban J connectivity index is 2.11. The molecule has 8 nitrogen and oxygen atoms in total. The Morgan fingerprint density at radius 1 is 1.38 bits per heavy atom. The lowest BCUT2D eigenvalue weighted by Gasteiger charge is -2.05. The van der Waals surface area contributed by atoms with Crippen LogP contribution in [-0.2, 0) is 16.6 Å². The van der Waals surface area contributed by atoms with Crippen LogP contribution in [0.2, 0.25) is 0 Å². The number of hydrogen-bond donors (Lipinski definition) is 2.